The second-order valence-electron chi connectivity index (χ2n) is 7.37. The maximum Gasteiger partial charge on any atom is 0.0809 e. The molecular weight excluding hydrogens is 312 g/mol. The average molecular weight is 347 g/mol. The molecule has 4 heteroatoms. The van der Waals surface area contributed by atoms with Crippen molar-refractivity contribution < 1.29 is 9.47 Å². The first kappa shape index (κ1) is 18.8. The zero-order valence-corrected chi connectivity index (χ0v) is 15.5. The van der Waals surface area contributed by atoms with Gasteiger partial charge in [-0.1, -0.05) is 30.3 Å². The number of hydrogen-bond acceptors (Lipinski definition) is 4. The Kier molecular flexibility index (Phi) is 8.23. The van der Waals surface area contributed by atoms with Crippen molar-refractivity contribution in [1.82, 2.24) is 10.2 Å². The van der Waals surface area contributed by atoms with Crippen molar-refractivity contribution in [3.05, 3.63) is 35.9 Å². The zero-order chi connectivity index (χ0) is 17.2. The minimum absolute atomic E-state index is 0.355. The Labute approximate surface area is 152 Å². The van der Waals surface area contributed by atoms with Gasteiger partial charge in [-0.2, -0.15) is 0 Å². The summed E-state index contributed by atoms with van der Waals surface area (Å²) in [4.78, 5) is 2.61. The normalized spacial score (nSPS) is 22.5. The van der Waals surface area contributed by atoms with Crippen molar-refractivity contribution in [2.24, 2.45) is 0 Å². The van der Waals surface area contributed by atoms with E-state index in [1.54, 1.807) is 0 Å². The summed E-state index contributed by atoms with van der Waals surface area (Å²) in [6.45, 7) is 7.25. The van der Waals surface area contributed by atoms with E-state index >= 15 is 0 Å². The molecule has 0 aliphatic carbocycles. The second-order valence-corrected chi connectivity index (χ2v) is 7.37. The van der Waals surface area contributed by atoms with Gasteiger partial charge in [0.05, 0.1) is 12.7 Å². The number of ether oxygens (including phenoxy) is 2. The van der Waals surface area contributed by atoms with Crippen LogP contribution in [-0.4, -0.2) is 63.0 Å². The van der Waals surface area contributed by atoms with E-state index < -0.39 is 0 Å². The molecule has 0 spiro atoms. The highest BCUT2D eigenvalue weighted by molar-refractivity contribution is 5.14. The van der Waals surface area contributed by atoms with Gasteiger partial charge < -0.3 is 19.7 Å². The molecule has 1 aromatic rings. The SMILES string of the molecule is c1ccc(CCN2CCC(NCCCOCC3CCCO3)CC2)cc1. The lowest BCUT2D eigenvalue weighted by Gasteiger charge is -2.32. The first-order chi connectivity index (χ1) is 12.4. The predicted molar refractivity (Wildman–Crippen MR) is 102 cm³/mol. The fourth-order valence-corrected chi connectivity index (χ4v) is 3.76. The standard InChI is InChI=1S/C21H34N2O2/c1-2-6-19(7-3-1)9-13-23-14-10-20(11-15-23)22-12-5-16-24-18-21-8-4-17-25-21/h1-3,6-7,20-22H,4-5,8-18H2. The molecule has 1 unspecified atom stereocenters. The van der Waals surface area contributed by atoms with E-state index in [9.17, 15) is 0 Å². The number of nitrogens with one attached hydrogen (secondary N) is 1. The van der Waals surface area contributed by atoms with Crippen LogP contribution in [0.15, 0.2) is 30.3 Å². The summed E-state index contributed by atoms with van der Waals surface area (Å²) in [5.41, 5.74) is 1.45. The van der Waals surface area contributed by atoms with Gasteiger partial charge in [0.2, 0.25) is 0 Å². The molecule has 4 nitrogen and oxygen atoms in total. The van der Waals surface area contributed by atoms with Gasteiger partial charge in [0.25, 0.3) is 0 Å². The fraction of sp³-hybridized carbons (Fsp3) is 0.714. The highest BCUT2D eigenvalue weighted by Crippen LogP contribution is 2.13. The molecule has 2 aliphatic heterocycles. The first-order valence-electron chi connectivity index (χ1n) is 10.1. The second kappa shape index (κ2) is 10.9. The van der Waals surface area contributed by atoms with Crippen LogP contribution in [0.4, 0.5) is 0 Å². The summed E-state index contributed by atoms with van der Waals surface area (Å²) < 4.78 is 11.3. The third-order valence-corrected chi connectivity index (χ3v) is 5.37. The molecule has 2 fully saturated rings. The lowest BCUT2D eigenvalue weighted by atomic mass is 10.0. The van der Waals surface area contributed by atoms with Crippen LogP contribution < -0.4 is 5.32 Å². The molecule has 0 bridgehead atoms. The van der Waals surface area contributed by atoms with Gasteiger partial charge in [-0.3, -0.25) is 0 Å². The molecule has 25 heavy (non-hydrogen) atoms. The molecule has 2 saturated heterocycles. The van der Waals surface area contributed by atoms with Crippen molar-refractivity contribution in [3.63, 3.8) is 0 Å². The van der Waals surface area contributed by atoms with Crippen molar-refractivity contribution in [2.75, 3.05) is 46.0 Å². The van der Waals surface area contributed by atoms with Crippen LogP contribution in [0, 0.1) is 0 Å². The molecule has 3 rings (SSSR count). The molecule has 2 heterocycles. The van der Waals surface area contributed by atoms with Crippen LogP contribution in [0.3, 0.4) is 0 Å². The minimum Gasteiger partial charge on any atom is -0.379 e. The van der Waals surface area contributed by atoms with Crippen LogP contribution >= 0.6 is 0 Å². The average Bonchev–Trinajstić information content (AvgIpc) is 3.18. The van der Waals surface area contributed by atoms with Crippen LogP contribution in [0.1, 0.15) is 37.7 Å². The van der Waals surface area contributed by atoms with E-state index in [0.29, 0.717) is 12.1 Å². The molecule has 0 radical (unpaired) electrons. The smallest absolute Gasteiger partial charge is 0.0809 e. The number of piperidine rings is 1. The summed E-state index contributed by atoms with van der Waals surface area (Å²) in [5.74, 6) is 0. The fourth-order valence-electron chi connectivity index (χ4n) is 3.76. The third kappa shape index (κ3) is 7.06. The monoisotopic (exact) mass is 346 g/mol. The van der Waals surface area contributed by atoms with Gasteiger partial charge in [0.15, 0.2) is 0 Å². The van der Waals surface area contributed by atoms with E-state index in [1.807, 2.05) is 0 Å². The molecule has 1 aromatic carbocycles. The number of likely N-dealkylation sites (tertiary alicyclic amines) is 1. The first-order valence-corrected chi connectivity index (χ1v) is 10.1. The number of nitrogens with zero attached hydrogens (tertiary/aromatic N) is 1. The number of benzene rings is 1. The molecular formula is C21H34N2O2. The molecule has 0 aromatic heterocycles. The molecule has 0 amide bonds. The Morgan fingerprint density at radius 1 is 1.12 bits per heavy atom. The van der Waals surface area contributed by atoms with E-state index in [2.05, 4.69) is 40.5 Å². The number of rotatable bonds is 10. The minimum atomic E-state index is 0.355. The van der Waals surface area contributed by atoms with E-state index in [1.165, 1.54) is 57.3 Å². The predicted octanol–water partition coefficient (Wildman–Crippen LogP) is 2.87. The Hall–Kier alpha value is -0.940. The topological polar surface area (TPSA) is 33.7 Å². The molecule has 1 atom stereocenters. The summed E-state index contributed by atoms with van der Waals surface area (Å²) >= 11 is 0. The van der Waals surface area contributed by atoms with Gasteiger partial charge in [-0.25, -0.2) is 0 Å². The van der Waals surface area contributed by atoms with Crippen LogP contribution in [0.25, 0.3) is 0 Å². The summed E-state index contributed by atoms with van der Waals surface area (Å²) in [5, 5.41) is 3.71. The number of hydrogen-bond donors (Lipinski definition) is 1. The van der Waals surface area contributed by atoms with Crippen LogP contribution in [0.5, 0.6) is 0 Å². The van der Waals surface area contributed by atoms with Crippen LogP contribution in [0.2, 0.25) is 0 Å². The van der Waals surface area contributed by atoms with Crippen molar-refractivity contribution >= 4 is 0 Å². The Morgan fingerprint density at radius 2 is 1.96 bits per heavy atom. The molecule has 0 saturated carbocycles. The largest absolute Gasteiger partial charge is 0.379 e. The molecule has 140 valence electrons. The lowest BCUT2D eigenvalue weighted by molar-refractivity contribution is 0.0164. The van der Waals surface area contributed by atoms with Gasteiger partial charge >= 0.3 is 0 Å². The highest BCUT2D eigenvalue weighted by atomic mass is 16.5. The van der Waals surface area contributed by atoms with Crippen LogP contribution in [-0.2, 0) is 15.9 Å². The Balaban J connectivity index is 1.17. The maximum atomic E-state index is 5.72. The van der Waals surface area contributed by atoms with Gasteiger partial charge in [-0.15, -0.1) is 0 Å². The maximum absolute atomic E-state index is 5.72. The summed E-state index contributed by atoms with van der Waals surface area (Å²) in [7, 11) is 0. The van der Waals surface area contributed by atoms with Gasteiger partial charge in [0.1, 0.15) is 0 Å². The third-order valence-electron chi connectivity index (χ3n) is 5.37. The van der Waals surface area contributed by atoms with E-state index in [-0.39, 0.29) is 0 Å². The molecule has 1 N–H and O–H groups in total. The van der Waals surface area contributed by atoms with Gasteiger partial charge in [-0.05, 0) is 63.7 Å². The summed E-state index contributed by atoms with van der Waals surface area (Å²) in [6.07, 6.45) is 7.52. The summed E-state index contributed by atoms with van der Waals surface area (Å²) in [6, 6.07) is 11.5. The van der Waals surface area contributed by atoms with E-state index in [0.717, 1.165) is 32.8 Å². The quantitative estimate of drug-likeness (QED) is 0.661. The Bertz CT molecular complexity index is 454. The van der Waals surface area contributed by atoms with E-state index in [4.69, 9.17) is 9.47 Å². The Morgan fingerprint density at radius 3 is 2.72 bits per heavy atom. The lowest BCUT2D eigenvalue weighted by Crippen LogP contribution is -2.43. The highest BCUT2D eigenvalue weighted by Gasteiger charge is 2.18. The molecule has 2 aliphatic rings. The van der Waals surface area contributed by atoms with Gasteiger partial charge in [0, 0.05) is 25.8 Å². The zero-order valence-electron chi connectivity index (χ0n) is 15.5. The van der Waals surface area contributed by atoms with Crippen molar-refractivity contribution in [2.45, 2.75) is 50.7 Å². The van der Waals surface area contributed by atoms with Crippen molar-refractivity contribution in [3.8, 4) is 0 Å². The van der Waals surface area contributed by atoms with Crippen molar-refractivity contribution in [1.29, 1.82) is 0 Å².